The van der Waals surface area contributed by atoms with Crippen molar-refractivity contribution in [3.63, 3.8) is 0 Å². The SMILES string of the molecule is Cc1cncc(CN2CCCCC2(C)C(=O)O)c1. The molecule has 1 fully saturated rings. The highest BCUT2D eigenvalue weighted by Crippen LogP contribution is 2.29. The first-order chi connectivity index (χ1) is 8.52. The fourth-order valence-electron chi connectivity index (χ4n) is 2.60. The van der Waals surface area contributed by atoms with E-state index in [-0.39, 0.29) is 0 Å². The molecule has 0 aromatic carbocycles. The van der Waals surface area contributed by atoms with E-state index in [1.54, 1.807) is 0 Å². The summed E-state index contributed by atoms with van der Waals surface area (Å²) in [5, 5.41) is 9.44. The molecule has 4 heteroatoms. The van der Waals surface area contributed by atoms with Crippen LogP contribution in [0.1, 0.15) is 37.3 Å². The Morgan fingerprint density at radius 2 is 2.28 bits per heavy atom. The van der Waals surface area contributed by atoms with Gasteiger partial charge in [0.1, 0.15) is 5.54 Å². The molecule has 0 amide bonds. The van der Waals surface area contributed by atoms with Gasteiger partial charge < -0.3 is 5.11 Å². The van der Waals surface area contributed by atoms with Gasteiger partial charge in [0.05, 0.1) is 0 Å². The molecule has 1 aliphatic rings. The monoisotopic (exact) mass is 248 g/mol. The number of aryl methyl sites for hydroxylation is 1. The molecule has 1 N–H and O–H groups in total. The first kappa shape index (κ1) is 13.0. The second kappa shape index (κ2) is 5.06. The summed E-state index contributed by atoms with van der Waals surface area (Å²) in [6.07, 6.45) is 6.43. The van der Waals surface area contributed by atoms with Crippen molar-refractivity contribution in [2.45, 2.75) is 45.2 Å². The highest BCUT2D eigenvalue weighted by Gasteiger charge is 2.41. The fraction of sp³-hybridized carbons (Fsp3) is 0.571. The van der Waals surface area contributed by atoms with E-state index in [0.717, 1.165) is 36.9 Å². The molecule has 98 valence electrons. The number of hydrogen-bond donors (Lipinski definition) is 1. The maximum Gasteiger partial charge on any atom is 0.323 e. The molecular weight excluding hydrogens is 228 g/mol. The van der Waals surface area contributed by atoms with Crippen LogP contribution in [-0.4, -0.2) is 33.0 Å². The number of likely N-dealkylation sites (tertiary alicyclic amines) is 1. The van der Waals surface area contributed by atoms with Crippen LogP contribution < -0.4 is 0 Å². The Balaban J connectivity index is 2.18. The average molecular weight is 248 g/mol. The fourth-order valence-corrected chi connectivity index (χ4v) is 2.60. The molecule has 18 heavy (non-hydrogen) atoms. The first-order valence-corrected chi connectivity index (χ1v) is 6.41. The number of carbonyl (C=O) groups is 1. The Morgan fingerprint density at radius 1 is 1.50 bits per heavy atom. The van der Waals surface area contributed by atoms with Crippen LogP contribution in [0.25, 0.3) is 0 Å². The first-order valence-electron chi connectivity index (χ1n) is 6.41. The van der Waals surface area contributed by atoms with Gasteiger partial charge in [0.25, 0.3) is 0 Å². The third kappa shape index (κ3) is 2.53. The molecule has 0 aliphatic carbocycles. The van der Waals surface area contributed by atoms with E-state index >= 15 is 0 Å². The van der Waals surface area contributed by atoms with Crippen molar-refractivity contribution >= 4 is 5.97 Å². The van der Waals surface area contributed by atoms with Gasteiger partial charge in [-0.1, -0.05) is 6.07 Å². The molecule has 1 saturated heterocycles. The van der Waals surface area contributed by atoms with Gasteiger partial charge in [-0.05, 0) is 50.8 Å². The van der Waals surface area contributed by atoms with Gasteiger partial charge in [0.2, 0.25) is 0 Å². The van der Waals surface area contributed by atoms with E-state index in [2.05, 4.69) is 16.0 Å². The predicted molar refractivity (Wildman–Crippen MR) is 69.3 cm³/mol. The van der Waals surface area contributed by atoms with Gasteiger partial charge in [0.15, 0.2) is 0 Å². The molecule has 1 aromatic rings. The van der Waals surface area contributed by atoms with Crippen LogP contribution in [-0.2, 0) is 11.3 Å². The smallest absolute Gasteiger partial charge is 0.323 e. The van der Waals surface area contributed by atoms with Crippen molar-refractivity contribution in [1.29, 1.82) is 0 Å². The molecule has 1 atom stereocenters. The van der Waals surface area contributed by atoms with E-state index in [0.29, 0.717) is 6.54 Å². The van der Waals surface area contributed by atoms with Gasteiger partial charge >= 0.3 is 5.97 Å². The molecule has 2 rings (SSSR count). The van der Waals surface area contributed by atoms with Crippen molar-refractivity contribution in [2.75, 3.05) is 6.54 Å². The zero-order valence-corrected chi connectivity index (χ0v) is 11.0. The minimum Gasteiger partial charge on any atom is -0.480 e. The highest BCUT2D eigenvalue weighted by atomic mass is 16.4. The van der Waals surface area contributed by atoms with Crippen LogP contribution in [0.5, 0.6) is 0 Å². The van der Waals surface area contributed by atoms with Crippen molar-refractivity contribution < 1.29 is 9.90 Å². The van der Waals surface area contributed by atoms with Gasteiger partial charge in [-0.25, -0.2) is 0 Å². The van der Waals surface area contributed by atoms with Crippen LogP contribution >= 0.6 is 0 Å². The third-order valence-electron chi connectivity index (χ3n) is 3.81. The molecule has 1 aromatic heterocycles. The zero-order chi connectivity index (χ0) is 13.2. The van der Waals surface area contributed by atoms with E-state index in [9.17, 15) is 9.90 Å². The minimum absolute atomic E-state index is 0.664. The molecular formula is C14H20N2O2. The quantitative estimate of drug-likeness (QED) is 0.891. The van der Waals surface area contributed by atoms with Gasteiger partial charge in [-0.2, -0.15) is 0 Å². The Bertz CT molecular complexity index is 447. The standard InChI is InChI=1S/C14H20N2O2/c1-11-7-12(9-15-8-11)10-16-6-4-3-5-14(16,2)13(17)18/h7-9H,3-6,10H2,1-2H3,(H,17,18). The summed E-state index contributed by atoms with van der Waals surface area (Å²) in [6, 6.07) is 2.07. The summed E-state index contributed by atoms with van der Waals surface area (Å²) < 4.78 is 0. The van der Waals surface area contributed by atoms with Gasteiger partial charge in [-0.3, -0.25) is 14.7 Å². The Labute approximate surface area is 108 Å². The van der Waals surface area contributed by atoms with E-state index < -0.39 is 11.5 Å². The summed E-state index contributed by atoms with van der Waals surface area (Å²) in [4.78, 5) is 17.7. The summed E-state index contributed by atoms with van der Waals surface area (Å²) in [5.74, 6) is -0.720. The van der Waals surface area contributed by atoms with Gasteiger partial charge in [0, 0.05) is 18.9 Å². The average Bonchev–Trinajstić information content (AvgIpc) is 2.32. The number of hydrogen-bond acceptors (Lipinski definition) is 3. The third-order valence-corrected chi connectivity index (χ3v) is 3.81. The van der Waals surface area contributed by atoms with Crippen LogP contribution in [0.3, 0.4) is 0 Å². The number of carboxylic acids is 1. The van der Waals surface area contributed by atoms with Crippen molar-refractivity contribution in [3.05, 3.63) is 29.6 Å². The molecule has 4 nitrogen and oxygen atoms in total. The molecule has 0 saturated carbocycles. The van der Waals surface area contributed by atoms with E-state index in [1.807, 2.05) is 26.2 Å². The molecule has 0 radical (unpaired) electrons. The predicted octanol–water partition coefficient (Wildman–Crippen LogP) is 2.22. The lowest BCUT2D eigenvalue weighted by Crippen LogP contribution is -2.54. The number of aliphatic carboxylic acids is 1. The lowest BCUT2D eigenvalue weighted by molar-refractivity contribution is -0.153. The largest absolute Gasteiger partial charge is 0.480 e. The Kier molecular flexibility index (Phi) is 3.66. The Morgan fingerprint density at radius 3 is 2.94 bits per heavy atom. The minimum atomic E-state index is -0.734. The number of pyridine rings is 1. The summed E-state index contributed by atoms with van der Waals surface area (Å²) in [5.41, 5.74) is 1.47. The van der Waals surface area contributed by atoms with Crippen molar-refractivity contribution in [1.82, 2.24) is 9.88 Å². The zero-order valence-electron chi connectivity index (χ0n) is 11.0. The van der Waals surface area contributed by atoms with Crippen LogP contribution in [0.4, 0.5) is 0 Å². The molecule has 2 heterocycles. The molecule has 1 unspecified atom stereocenters. The normalized spacial score (nSPS) is 25.0. The number of rotatable bonds is 3. The van der Waals surface area contributed by atoms with Crippen LogP contribution in [0, 0.1) is 6.92 Å². The number of nitrogens with zero attached hydrogens (tertiary/aromatic N) is 2. The van der Waals surface area contributed by atoms with Crippen LogP contribution in [0.2, 0.25) is 0 Å². The second-order valence-corrected chi connectivity index (χ2v) is 5.33. The van der Waals surface area contributed by atoms with Crippen molar-refractivity contribution in [3.8, 4) is 0 Å². The summed E-state index contributed by atoms with van der Waals surface area (Å²) in [7, 11) is 0. The number of aromatic nitrogens is 1. The van der Waals surface area contributed by atoms with Crippen molar-refractivity contribution in [2.24, 2.45) is 0 Å². The molecule has 1 aliphatic heterocycles. The van der Waals surface area contributed by atoms with Crippen LogP contribution in [0.15, 0.2) is 18.5 Å². The summed E-state index contributed by atoms with van der Waals surface area (Å²) >= 11 is 0. The van der Waals surface area contributed by atoms with E-state index in [4.69, 9.17) is 0 Å². The lowest BCUT2D eigenvalue weighted by atomic mass is 9.88. The number of piperidine rings is 1. The second-order valence-electron chi connectivity index (χ2n) is 5.33. The number of carboxylic acid groups (broad SMARTS) is 1. The Hall–Kier alpha value is -1.42. The highest BCUT2D eigenvalue weighted by molar-refractivity contribution is 5.78. The lowest BCUT2D eigenvalue weighted by Gasteiger charge is -2.41. The molecule has 0 bridgehead atoms. The maximum absolute atomic E-state index is 11.5. The summed E-state index contributed by atoms with van der Waals surface area (Å²) in [6.45, 7) is 5.34. The topological polar surface area (TPSA) is 53.4 Å². The van der Waals surface area contributed by atoms with E-state index in [1.165, 1.54) is 0 Å². The van der Waals surface area contributed by atoms with Gasteiger partial charge in [-0.15, -0.1) is 0 Å². The molecule has 0 spiro atoms. The maximum atomic E-state index is 11.5.